The Kier molecular flexibility index (Phi) is 9.51. The summed E-state index contributed by atoms with van der Waals surface area (Å²) in [6.07, 6.45) is 14.6. The molecule has 3 saturated carbocycles. The van der Waals surface area contributed by atoms with Gasteiger partial charge in [0.2, 0.25) is 0 Å². The second kappa shape index (κ2) is 12.8. The molecule has 3 aliphatic carbocycles. The van der Waals surface area contributed by atoms with Crippen LogP contribution in [0.2, 0.25) is 0 Å². The number of hydrogen-bond donors (Lipinski definition) is 3. The van der Waals surface area contributed by atoms with Crippen LogP contribution >= 0.6 is 0 Å². The van der Waals surface area contributed by atoms with Gasteiger partial charge in [0.25, 0.3) is 5.91 Å². The summed E-state index contributed by atoms with van der Waals surface area (Å²) in [6, 6.07) is 10.6. The summed E-state index contributed by atoms with van der Waals surface area (Å²) in [5.74, 6) is 1.52. The Labute approximate surface area is 253 Å². The average molecular weight is 576 g/mol. The molecule has 1 amide bonds. The maximum absolute atomic E-state index is 13.2. The second-order valence-electron chi connectivity index (χ2n) is 14.5. The number of carbonyl (C=O) groups is 1. The van der Waals surface area contributed by atoms with E-state index in [1.165, 1.54) is 36.8 Å². The van der Waals surface area contributed by atoms with Gasteiger partial charge >= 0.3 is 0 Å². The Morgan fingerprint density at radius 2 is 1.88 bits per heavy atom. The standard InChI is InChI=1S/C37H53NO4/c1-25(21-30-24-37(4,42)35(41)38(30)20-9-8-13-27-11-6-5-7-12-27)32-17-18-33-28(14-10-19-36(32,33)3)15-16-29-22-31(39)23-34(40)26(29)2/h5-7,11-12,15-16,25,30-34,39-40,42H,2,8-10,13-14,17-24H2,1,3-4H3/b28-15+,29-16-/t25-,30-,31-,32-,33?,34+,36-,37+/m1/s1. The summed E-state index contributed by atoms with van der Waals surface area (Å²) >= 11 is 0. The molecular formula is C37H53NO4. The van der Waals surface area contributed by atoms with Gasteiger partial charge in [0.15, 0.2) is 0 Å². The SMILES string of the molecule is C=C1/C(=C\C=C2/CCC[C@@]3(C)C2CC[C@@H]3[C@H](C)C[C@@H]2C[C@](C)(O)C(=O)N2CCCCc2ccccc2)C[C@@H](O)C[C@@H]1O. The van der Waals surface area contributed by atoms with Gasteiger partial charge < -0.3 is 20.2 Å². The van der Waals surface area contributed by atoms with Gasteiger partial charge in [-0.15, -0.1) is 0 Å². The summed E-state index contributed by atoms with van der Waals surface area (Å²) in [5, 5.41) is 31.4. The molecule has 0 bridgehead atoms. The first kappa shape index (κ1) is 31.2. The average Bonchev–Trinajstić information content (AvgIpc) is 3.41. The second-order valence-corrected chi connectivity index (χ2v) is 14.5. The minimum atomic E-state index is -1.26. The van der Waals surface area contributed by atoms with Crippen LogP contribution in [0, 0.1) is 23.2 Å². The van der Waals surface area contributed by atoms with Gasteiger partial charge in [-0.05, 0) is 111 Å². The van der Waals surface area contributed by atoms with Crippen LogP contribution in [0.25, 0.3) is 0 Å². The molecular weight excluding hydrogens is 522 g/mol. The minimum absolute atomic E-state index is 0.0922. The molecule has 1 heterocycles. The van der Waals surface area contributed by atoms with E-state index >= 15 is 0 Å². The highest BCUT2D eigenvalue weighted by Gasteiger charge is 2.53. The maximum Gasteiger partial charge on any atom is 0.254 e. The fourth-order valence-corrected chi connectivity index (χ4v) is 9.15. The number of allylic oxidation sites excluding steroid dienone is 3. The number of unbranched alkanes of at least 4 members (excludes halogenated alkanes) is 1. The highest BCUT2D eigenvalue weighted by atomic mass is 16.3. The van der Waals surface area contributed by atoms with Gasteiger partial charge in [-0.3, -0.25) is 4.79 Å². The molecule has 5 nitrogen and oxygen atoms in total. The zero-order valence-electron chi connectivity index (χ0n) is 26.1. The highest BCUT2D eigenvalue weighted by Crippen LogP contribution is 2.60. The van der Waals surface area contributed by atoms with E-state index in [9.17, 15) is 20.1 Å². The van der Waals surface area contributed by atoms with E-state index in [1.807, 2.05) is 11.0 Å². The fraction of sp³-hybridized carbons (Fsp3) is 0.649. The normalized spacial score (nSPS) is 38.0. The molecule has 230 valence electrons. The third-order valence-electron chi connectivity index (χ3n) is 11.4. The largest absolute Gasteiger partial charge is 0.393 e. The van der Waals surface area contributed by atoms with Crippen molar-refractivity contribution in [3.8, 4) is 0 Å². The summed E-state index contributed by atoms with van der Waals surface area (Å²) in [7, 11) is 0. The number of fused-ring (bicyclic) bond motifs is 1. The predicted molar refractivity (Wildman–Crippen MR) is 169 cm³/mol. The summed E-state index contributed by atoms with van der Waals surface area (Å²) < 4.78 is 0. The van der Waals surface area contributed by atoms with Crippen molar-refractivity contribution in [1.82, 2.24) is 4.90 Å². The van der Waals surface area contributed by atoms with Gasteiger partial charge in [-0.25, -0.2) is 0 Å². The van der Waals surface area contributed by atoms with Crippen molar-refractivity contribution in [2.75, 3.05) is 6.54 Å². The molecule has 1 aromatic carbocycles. The van der Waals surface area contributed by atoms with Gasteiger partial charge in [-0.2, -0.15) is 0 Å². The van der Waals surface area contributed by atoms with Crippen LogP contribution in [-0.2, 0) is 11.2 Å². The van der Waals surface area contributed by atoms with E-state index in [0.717, 1.165) is 49.8 Å². The number of amides is 1. The van der Waals surface area contributed by atoms with E-state index in [0.29, 0.717) is 37.0 Å². The zero-order valence-corrected chi connectivity index (χ0v) is 26.1. The Morgan fingerprint density at radius 1 is 1.12 bits per heavy atom. The predicted octanol–water partition coefficient (Wildman–Crippen LogP) is 6.53. The molecule has 4 fully saturated rings. The van der Waals surface area contributed by atoms with Crippen LogP contribution in [0.5, 0.6) is 0 Å². The van der Waals surface area contributed by atoms with Crippen LogP contribution < -0.4 is 0 Å². The van der Waals surface area contributed by atoms with E-state index in [2.05, 4.69) is 56.8 Å². The van der Waals surface area contributed by atoms with Gasteiger partial charge in [0, 0.05) is 25.4 Å². The van der Waals surface area contributed by atoms with Crippen molar-refractivity contribution in [3.05, 3.63) is 71.3 Å². The third kappa shape index (κ3) is 6.49. The fourth-order valence-electron chi connectivity index (χ4n) is 9.15. The minimum Gasteiger partial charge on any atom is -0.393 e. The van der Waals surface area contributed by atoms with Crippen molar-refractivity contribution in [3.63, 3.8) is 0 Å². The third-order valence-corrected chi connectivity index (χ3v) is 11.4. The molecule has 0 spiro atoms. The number of hydrogen-bond acceptors (Lipinski definition) is 4. The van der Waals surface area contributed by atoms with Crippen molar-refractivity contribution >= 4 is 5.91 Å². The molecule has 0 radical (unpaired) electrons. The molecule has 1 aromatic rings. The topological polar surface area (TPSA) is 81.0 Å². The monoisotopic (exact) mass is 575 g/mol. The van der Waals surface area contributed by atoms with Crippen LogP contribution in [0.15, 0.2) is 65.8 Å². The van der Waals surface area contributed by atoms with Crippen molar-refractivity contribution < 1.29 is 20.1 Å². The number of aliphatic hydroxyl groups excluding tert-OH is 2. The lowest BCUT2D eigenvalue weighted by molar-refractivity contribution is -0.142. The molecule has 1 aliphatic heterocycles. The molecule has 4 aliphatic rings. The number of likely N-dealkylation sites (tertiary alicyclic amines) is 1. The highest BCUT2D eigenvalue weighted by molar-refractivity contribution is 5.87. The van der Waals surface area contributed by atoms with Crippen molar-refractivity contribution in [2.24, 2.45) is 23.2 Å². The summed E-state index contributed by atoms with van der Waals surface area (Å²) in [6.45, 7) is 11.4. The van der Waals surface area contributed by atoms with Crippen molar-refractivity contribution in [1.29, 1.82) is 0 Å². The van der Waals surface area contributed by atoms with E-state index in [4.69, 9.17) is 0 Å². The number of carbonyl (C=O) groups excluding carboxylic acids is 1. The number of rotatable bonds is 9. The molecule has 5 heteroatoms. The molecule has 3 N–H and O–H groups in total. The van der Waals surface area contributed by atoms with Crippen molar-refractivity contribution in [2.45, 2.75) is 122 Å². The van der Waals surface area contributed by atoms with Crippen LogP contribution in [0.1, 0.15) is 97.0 Å². The maximum atomic E-state index is 13.2. The smallest absolute Gasteiger partial charge is 0.254 e. The lowest BCUT2D eigenvalue weighted by Crippen LogP contribution is -2.41. The lowest BCUT2D eigenvalue weighted by Gasteiger charge is -2.45. The van der Waals surface area contributed by atoms with E-state index in [1.54, 1.807) is 6.92 Å². The number of nitrogens with zero attached hydrogens (tertiary/aromatic N) is 1. The Balaban J connectivity index is 1.23. The number of aryl methyl sites for hydroxylation is 1. The molecule has 0 aromatic heterocycles. The quantitative estimate of drug-likeness (QED) is 0.293. The molecule has 1 saturated heterocycles. The van der Waals surface area contributed by atoms with E-state index in [-0.39, 0.29) is 17.4 Å². The number of benzene rings is 1. The first-order valence-corrected chi connectivity index (χ1v) is 16.5. The summed E-state index contributed by atoms with van der Waals surface area (Å²) in [4.78, 5) is 15.2. The zero-order chi connectivity index (χ0) is 30.1. The van der Waals surface area contributed by atoms with Gasteiger partial charge in [0.1, 0.15) is 5.60 Å². The first-order valence-electron chi connectivity index (χ1n) is 16.5. The van der Waals surface area contributed by atoms with Gasteiger partial charge in [-0.1, -0.05) is 68.5 Å². The first-order chi connectivity index (χ1) is 20.0. The molecule has 8 atom stereocenters. The van der Waals surface area contributed by atoms with Crippen LogP contribution in [0.3, 0.4) is 0 Å². The molecule has 5 rings (SSSR count). The lowest BCUT2D eigenvalue weighted by atomic mass is 9.60. The van der Waals surface area contributed by atoms with Gasteiger partial charge in [0.05, 0.1) is 12.2 Å². The Hall–Kier alpha value is -2.21. The van der Waals surface area contributed by atoms with E-state index < -0.39 is 17.8 Å². The Morgan fingerprint density at radius 3 is 2.64 bits per heavy atom. The number of aliphatic hydroxyl groups is 3. The van der Waals surface area contributed by atoms with Crippen LogP contribution in [0.4, 0.5) is 0 Å². The Bertz CT molecular complexity index is 1190. The molecule has 42 heavy (non-hydrogen) atoms. The molecule has 1 unspecified atom stereocenters. The summed E-state index contributed by atoms with van der Waals surface area (Å²) in [5.41, 5.74) is 3.54. The van der Waals surface area contributed by atoms with Crippen LogP contribution in [-0.4, -0.2) is 56.5 Å².